The molecule has 1 unspecified atom stereocenters. The second kappa shape index (κ2) is 5.95. The Morgan fingerprint density at radius 3 is 1.92 bits per heavy atom. The molecule has 4 heteroatoms. The summed E-state index contributed by atoms with van der Waals surface area (Å²) in [5.41, 5.74) is 2.20. The standard InChI is InChI=1S/C20H22N2O2/c23-19(24)22(17-11-12-20(17)13-21-14-20)18(15-7-3-1-4-8-15)16-9-5-2-6-10-16/h1-10,17-18,21H,11-14H2,(H,23,24). The van der Waals surface area contributed by atoms with Crippen LogP contribution in [-0.4, -0.2) is 35.2 Å². The number of carboxylic acid groups (broad SMARTS) is 1. The van der Waals surface area contributed by atoms with Crippen molar-refractivity contribution in [2.75, 3.05) is 13.1 Å². The average molecular weight is 322 g/mol. The van der Waals surface area contributed by atoms with Crippen molar-refractivity contribution in [1.82, 2.24) is 10.2 Å². The molecule has 1 spiro atoms. The summed E-state index contributed by atoms with van der Waals surface area (Å²) in [4.78, 5) is 14.0. The molecule has 0 aromatic heterocycles. The van der Waals surface area contributed by atoms with Gasteiger partial charge in [0.15, 0.2) is 0 Å². The molecule has 1 saturated carbocycles. The highest BCUT2D eigenvalue weighted by Crippen LogP contribution is 2.50. The van der Waals surface area contributed by atoms with E-state index in [0.717, 1.165) is 37.1 Å². The van der Waals surface area contributed by atoms with Crippen molar-refractivity contribution in [3.05, 3.63) is 71.8 Å². The Balaban J connectivity index is 1.77. The molecule has 1 amide bonds. The minimum atomic E-state index is -0.830. The van der Waals surface area contributed by atoms with E-state index in [4.69, 9.17) is 0 Å². The van der Waals surface area contributed by atoms with Crippen molar-refractivity contribution >= 4 is 6.09 Å². The maximum Gasteiger partial charge on any atom is 0.408 e. The zero-order valence-corrected chi connectivity index (χ0v) is 13.6. The lowest BCUT2D eigenvalue weighted by Gasteiger charge is -2.60. The largest absolute Gasteiger partial charge is 0.465 e. The molecule has 1 aliphatic carbocycles. The van der Waals surface area contributed by atoms with E-state index in [1.807, 2.05) is 60.7 Å². The number of amides is 1. The normalized spacial score (nSPS) is 21.1. The Kier molecular flexibility index (Phi) is 3.77. The Bertz CT molecular complexity index is 668. The molecular weight excluding hydrogens is 300 g/mol. The Hall–Kier alpha value is -2.33. The van der Waals surface area contributed by atoms with Crippen molar-refractivity contribution in [1.29, 1.82) is 0 Å². The molecule has 2 aliphatic rings. The lowest BCUT2D eigenvalue weighted by Crippen LogP contribution is -2.70. The lowest BCUT2D eigenvalue weighted by atomic mass is 9.59. The highest BCUT2D eigenvalue weighted by atomic mass is 16.4. The Morgan fingerprint density at radius 2 is 1.58 bits per heavy atom. The predicted octanol–water partition coefficient (Wildman–Crippen LogP) is 3.51. The molecule has 1 heterocycles. The molecule has 2 aromatic rings. The Morgan fingerprint density at radius 1 is 1.04 bits per heavy atom. The summed E-state index contributed by atoms with van der Waals surface area (Å²) in [7, 11) is 0. The topological polar surface area (TPSA) is 52.6 Å². The van der Waals surface area contributed by atoms with Crippen LogP contribution >= 0.6 is 0 Å². The monoisotopic (exact) mass is 322 g/mol. The fourth-order valence-electron chi connectivity index (χ4n) is 4.18. The van der Waals surface area contributed by atoms with Crippen LogP contribution in [0, 0.1) is 5.41 Å². The van der Waals surface area contributed by atoms with Crippen LogP contribution in [0.5, 0.6) is 0 Å². The van der Waals surface area contributed by atoms with Crippen molar-refractivity contribution in [2.45, 2.75) is 24.9 Å². The molecular formula is C20H22N2O2. The van der Waals surface area contributed by atoms with E-state index in [-0.39, 0.29) is 17.5 Å². The first-order valence-corrected chi connectivity index (χ1v) is 8.53. The van der Waals surface area contributed by atoms with Gasteiger partial charge in [-0.15, -0.1) is 0 Å². The third-order valence-electron chi connectivity index (χ3n) is 5.64. The zero-order chi connectivity index (χ0) is 16.6. The van der Waals surface area contributed by atoms with E-state index >= 15 is 0 Å². The van der Waals surface area contributed by atoms with Gasteiger partial charge in [-0.3, -0.25) is 4.90 Å². The van der Waals surface area contributed by atoms with Gasteiger partial charge in [0.1, 0.15) is 0 Å². The average Bonchev–Trinajstić information content (AvgIpc) is 2.54. The van der Waals surface area contributed by atoms with Gasteiger partial charge < -0.3 is 10.4 Å². The maximum absolute atomic E-state index is 12.3. The lowest BCUT2D eigenvalue weighted by molar-refractivity contribution is -0.0635. The summed E-state index contributed by atoms with van der Waals surface area (Å²) in [6.45, 7) is 1.86. The number of carbonyl (C=O) groups is 1. The third-order valence-corrected chi connectivity index (χ3v) is 5.64. The minimum absolute atomic E-state index is 0.0849. The van der Waals surface area contributed by atoms with Gasteiger partial charge in [0.25, 0.3) is 0 Å². The molecule has 1 saturated heterocycles. The molecule has 124 valence electrons. The molecule has 2 aromatic carbocycles. The van der Waals surface area contributed by atoms with Crippen LogP contribution in [0.1, 0.15) is 30.0 Å². The highest BCUT2D eigenvalue weighted by Gasteiger charge is 2.56. The molecule has 0 radical (unpaired) electrons. The zero-order valence-electron chi connectivity index (χ0n) is 13.6. The maximum atomic E-state index is 12.3. The van der Waals surface area contributed by atoms with Crippen LogP contribution in [0.4, 0.5) is 4.79 Å². The van der Waals surface area contributed by atoms with Gasteiger partial charge >= 0.3 is 6.09 Å². The molecule has 1 aliphatic heterocycles. The minimum Gasteiger partial charge on any atom is -0.465 e. The van der Waals surface area contributed by atoms with E-state index in [1.165, 1.54) is 0 Å². The van der Waals surface area contributed by atoms with E-state index in [2.05, 4.69) is 5.32 Å². The number of rotatable bonds is 4. The van der Waals surface area contributed by atoms with Crippen LogP contribution in [0.15, 0.2) is 60.7 Å². The van der Waals surface area contributed by atoms with E-state index in [0.29, 0.717) is 0 Å². The molecule has 24 heavy (non-hydrogen) atoms. The first-order valence-electron chi connectivity index (χ1n) is 8.53. The predicted molar refractivity (Wildman–Crippen MR) is 92.9 cm³/mol. The quantitative estimate of drug-likeness (QED) is 0.906. The number of nitrogens with one attached hydrogen (secondary N) is 1. The van der Waals surface area contributed by atoms with Crippen LogP contribution in [0.2, 0.25) is 0 Å². The van der Waals surface area contributed by atoms with Crippen LogP contribution < -0.4 is 5.32 Å². The smallest absolute Gasteiger partial charge is 0.408 e. The molecule has 0 bridgehead atoms. The summed E-state index contributed by atoms with van der Waals surface area (Å²) in [6.07, 6.45) is 1.23. The van der Waals surface area contributed by atoms with Gasteiger partial charge in [-0.25, -0.2) is 4.79 Å². The molecule has 4 rings (SSSR count). The summed E-state index contributed by atoms with van der Waals surface area (Å²) in [5, 5.41) is 13.4. The second-order valence-electron chi connectivity index (χ2n) is 6.93. The van der Waals surface area contributed by atoms with E-state index in [1.54, 1.807) is 4.90 Å². The van der Waals surface area contributed by atoms with Gasteiger partial charge in [-0.2, -0.15) is 0 Å². The van der Waals surface area contributed by atoms with Crippen LogP contribution in [0.25, 0.3) is 0 Å². The van der Waals surface area contributed by atoms with Gasteiger partial charge in [0.05, 0.1) is 6.04 Å². The number of nitrogens with zero attached hydrogens (tertiary/aromatic N) is 1. The molecule has 1 atom stereocenters. The second-order valence-corrected chi connectivity index (χ2v) is 6.93. The van der Waals surface area contributed by atoms with Gasteiger partial charge in [-0.1, -0.05) is 60.7 Å². The number of hydrogen-bond acceptors (Lipinski definition) is 2. The fraction of sp³-hybridized carbons (Fsp3) is 0.350. The van der Waals surface area contributed by atoms with Crippen LogP contribution in [0.3, 0.4) is 0 Å². The van der Waals surface area contributed by atoms with Gasteiger partial charge in [0.2, 0.25) is 0 Å². The van der Waals surface area contributed by atoms with Crippen molar-refractivity contribution in [2.24, 2.45) is 5.41 Å². The van der Waals surface area contributed by atoms with Crippen molar-refractivity contribution < 1.29 is 9.90 Å². The molecule has 4 nitrogen and oxygen atoms in total. The molecule has 2 fully saturated rings. The number of benzene rings is 2. The van der Waals surface area contributed by atoms with Gasteiger partial charge in [0, 0.05) is 24.5 Å². The first-order chi connectivity index (χ1) is 11.7. The third kappa shape index (κ3) is 2.38. The summed E-state index contributed by atoms with van der Waals surface area (Å²) in [5.74, 6) is 0. The van der Waals surface area contributed by atoms with Gasteiger partial charge in [-0.05, 0) is 24.0 Å². The van der Waals surface area contributed by atoms with Crippen LogP contribution in [-0.2, 0) is 0 Å². The first kappa shape index (κ1) is 15.2. The Labute approximate surface area is 142 Å². The SMILES string of the molecule is O=C(O)N(C(c1ccccc1)c1ccccc1)C1CCC12CNC2. The van der Waals surface area contributed by atoms with Crippen molar-refractivity contribution in [3.8, 4) is 0 Å². The summed E-state index contributed by atoms with van der Waals surface area (Å²) < 4.78 is 0. The van der Waals surface area contributed by atoms with E-state index in [9.17, 15) is 9.90 Å². The summed E-state index contributed by atoms with van der Waals surface area (Å²) in [6, 6.07) is 19.8. The number of hydrogen-bond donors (Lipinski definition) is 2. The highest BCUT2D eigenvalue weighted by molar-refractivity contribution is 5.68. The fourth-order valence-corrected chi connectivity index (χ4v) is 4.18. The van der Waals surface area contributed by atoms with E-state index < -0.39 is 6.09 Å². The van der Waals surface area contributed by atoms with Crippen molar-refractivity contribution in [3.63, 3.8) is 0 Å². The summed E-state index contributed by atoms with van der Waals surface area (Å²) >= 11 is 0. The molecule has 2 N–H and O–H groups in total.